The number of carbonyl (C=O) groups excluding carboxylic acids is 2. The molecule has 2 aliphatic heterocycles. The molecular weight excluding hydrogens is 218 g/mol. The number of likely N-dealkylation sites (tertiary alicyclic amines) is 2. The van der Waals surface area contributed by atoms with Gasteiger partial charge in [-0.15, -0.1) is 0 Å². The van der Waals surface area contributed by atoms with Gasteiger partial charge in [0.25, 0.3) is 0 Å². The average molecular weight is 239 g/mol. The van der Waals surface area contributed by atoms with Crippen molar-refractivity contribution < 1.29 is 9.59 Å². The molecule has 2 heterocycles. The van der Waals surface area contributed by atoms with Crippen LogP contribution in [0.25, 0.3) is 0 Å². The first-order valence-electron chi connectivity index (χ1n) is 6.46. The molecule has 0 aromatic heterocycles. The highest BCUT2D eigenvalue weighted by molar-refractivity contribution is 5.90. The maximum Gasteiger partial charge on any atom is 0.245 e. The van der Waals surface area contributed by atoms with E-state index < -0.39 is 6.04 Å². The van der Waals surface area contributed by atoms with Gasteiger partial charge in [-0.3, -0.25) is 9.59 Å². The monoisotopic (exact) mass is 239 g/mol. The number of rotatable bonds is 2. The van der Waals surface area contributed by atoms with Gasteiger partial charge in [0, 0.05) is 19.6 Å². The molecule has 2 fully saturated rings. The number of amides is 2. The molecule has 5 heteroatoms. The Morgan fingerprint density at radius 2 is 1.94 bits per heavy atom. The summed E-state index contributed by atoms with van der Waals surface area (Å²) in [5, 5.41) is 0. The SMILES string of the molecule is C[C@H](C(=O)N1CCCCC1)N1CC[C@H](N)C1=O. The zero-order valence-corrected chi connectivity index (χ0v) is 10.4. The summed E-state index contributed by atoms with van der Waals surface area (Å²) in [4.78, 5) is 27.5. The number of hydrogen-bond donors (Lipinski definition) is 1. The minimum absolute atomic E-state index is 0.0761. The van der Waals surface area contributed by atoms with Crippen molar-refractivity contribution in [2.24, 2.45) is 5.73 Å². The Hall–Kier alpha value is -1.10. The van der Waals surface area contributed by atoms with Gasteiger partial charge in [0.1, 0.15) is 6.04 Å². The van der Waals surface area contributed by atoms with Gasteiger partial charge in [-0.25, -0.2) is 0 Å². The standard InChI is InChI=1S/C12H21N3O2/c1-9(15-8-5-10(13)12(15)17)11(16)14-6-3-2-4-7-14/h9-10H,2-8,13H2,1H3/t9-,10+/m1/s1. The highest BCUT2D eigenvalue weighted by Crippen LogP contribution is 2.17. The summed E-state index contributed by atoms with van der Waals surface area (Å²) in [7, 11) is 0. The van der Waals surface area contributed by atoms with Crippen LogP contribution in [-0.4, -0.2) is 53.3 Å². The Kier molecular flexibility index (Phi) is 3.66. The van der Waals surface area contributed by atoms with Crippen LogP contribution in [0.5, 0.6) is 0 Å². The van der Waals surface area contributed by atoms with Crippen LogP contribution < -0.4 is 5.73 Å². The molecule has 2 amide bonds. The Bertz CT molecular complexity index is 313. The van der Waals surface area contributed by atoms with Gasteiger partial charge in [-0.2, -0.15) is 0 Å². The molecule has 0 aromatic rings. The second kappa shape index (κ2) is 5.04. The lowest BCUT2D eigenvalue weighted by molar-refractivity contribution is -0.143. The van der Waals surface area contributed by atoms with E-state index in [-0.39, 0.29) is 17.9 Å². The summed E-state index contributed by atoms with van der Waals surface area (Å²) in [6.45, 7) is 4.09. The Labute approximate surface area is 102 Å². The minimum Gasteiger partial charge on any atom is -0.341 e. The van der Waals surface area contributed by atoms with Crippen LogP contribution in [-0.2, 0) is 9.59 Å². The quantitative estimate of drug-likeness (QED) is 0.734. The van der Waals surface area contributed by atoms with Gasteiger partial charge in [0.2, 0.25) is 11.8 Å². The van der Waals surface area contributed by atoms with Crippen LogP contribution in [0.1, 0.15) is 32.6 Å². The molecule has 2 N–H and O–H groups in total. The molecule has 0 saturated carbocycles. The van der Waals surface area contributed by atoms with Crippen LogP contribution in [0.2, 0.25) is 0 Å². The molecule has 96 valence electrons. The molecular formula is C12H21N3O2. The summed E-state index contributed by atoms with van der Waals surface area (Å²) in [6.07, 6.45) is 4.01. The highest BCUT2D eigenvalue weighted by atomic mass is 16.2. The number of carbonyl (C=O) groups is 2. The van der Waals surface area contributed by atoms with Crippen molar-refractivity contribution in [3.8, 4) is 0 Å². The largest absolute Gasteiger partial charge is 0.341 e. The highest BCUT2D eigenvalue weighted by Gasteiger charge is 2.36. The van der Waals surface area contributed by atoms with Crippen LogP contribution in [0.15, 0.2) is 0 Å². The summed E-state index contributed by atoms with van der Waals surface area (Å²) in [5.74, 6) is -0.00462. The molecule has 0 radical (unpaired) electrons. The summed E-state index contributed by atoms with van der Waals surface area (Å²) in [6, 6.07) is -0.763. The Morgan fingerprint density at radius 3 is 2.47 bits per heavy atom. The van der Waals surface area contributed by atoms with E-state index in [0.717, 1.165) is 25.9 Å². The first kappa shape index (κ1) is 12.4. The van der Waals surface area contributed by atoms with Crippen LogP contribution in [0.3, 0.4) is 0 Å². The first-order chi connectivity index (χ1) is 8.11. The van der Waals surface area contributed by atoms with Crippen LogP contribution in [0.4, 0.5) is 0 Å². The van der Waals surface area contributed by atoms with Crippen molar-refractivity contribution in [3.05, 3.63) is 0 Å². The molecule has 0 aromatic carbocycles. The fourth-order valence-corrected chi connectivity index (χ4v) is 2.62. The van der Waals surface area contributed by atoms with Gasteiger partial charge in [-0.1, -0.05) is 0 Å². The fourth-order valence-electron chi connectivity index (χ4n) is 2.62. The molecule has 0 aliphatic carbocycles. The van der Waals surface area contributed by atoms with Crippen molar-refractivity contribution in [1.29, 1.82) is 0 Å². The molecule has 0 spiro atoms. The van der Waals surface area contributed by atoms with Crippen molar-refractivity contribution in [2.45, 2.75) is 44.7 Å². The van der Waals surface area contributed by atoms with Crippen LogP contribution in [0, 0.1) is 0 Å². The summed E-state index contributed by atoms with van der Waals surface area (Å²) in [5.41, 5.74) is 5.67. The smallest absolute Gasteiger partial charge is 0.245 e. The lowest BCUT2D eigenvalue weighted by Crippen LogP contribution is -2.50. The maximum atomic E-state index is 12.2. The van der Waals surface area contributed by atoms with E-state index in [1.54, 1.807) is 4.90 Å². The number of nitrogens with zero attached hydrogens (tertiary/aromatic N) is 2. The van der Waals surface area contributed by atoms with Gasteiger partial charge in [0.15, 0.2) is 0 Å². The normalized spacial score (nSPS) is 27.4. The van der Waals surface area contributed by atoms with Crippen molar-refractivity contribution >= 4 is 11.8 Å². The Balaban J connectivity index is 1.97. The van der Waals surface area contributed by atoms with Crippen molar-refractivity contribution in [1.82, 2.24) is 9.80 Å². The van der Waals surface area contributed by atoms with Gasteiger partial charge < -0.3 is 15.5 Å². The van der Waals surface area contributed by atoms with Gasteiger partial charge in [-0.05, 0) is 32.6 Å². The molecule has 2 rings (SSSR count). The van der Waals surface area contributed by atoms with Gasteiger partial charge in [0.05, 0.1) is 6.04 Å². The molecule has 17 heavy (non-hydrogen) atoms. The third-order valence-corrected chi connectivity index (χ3v) is 3.77. The third kappa shape index (κ3) is 2.44. The molecule has 2 saturated heterocycles. The minimum atomic E-state index is -0.411. The van der Waals surface area contributed by atoms with E-state index in [9.17, 15) is 9.59 Å². The predicted octanol–water partition coefficient (Wildman–Crippen LogP) is -0.0530. The second-order valence-corrected chi connectivity index (χ2v) is 4.99. The number of hydrogen-bond acceptors (Lipinski definition) is 3. The predicted molar refractivity (Wildman–Crippen MR) is 64.2 cm³/mol. The van der Waals surface area contributed by atoms with E-state index in [1.165, 1.54) is 6.42 Å². The zero-order valence-electron chi connectivity index (χ0n) is 10.4. The molecule has 2 atom stereocenters. The fraction of sp³-hybridized carbons (Fsp3) is 0.833. The average Bonchev–Trinajstić information content (AvgIpc) is 2.69. The molecule has 2 aliphatic rings. The molecule has 0 bridgehead atoms. The van der Waals surface area contributed by atoms with Crippen molar-refractivity contribution in [3.63, 3.8) is 0 Å². The van der Waals surface area contributed by atoms with Crippen LogP contribution >= 0.6 is 0 Å². The van der Waals surface area contributed by atoms with E-state index in [1.807, 2.05) is 11.8 Å². The van der Waals surface area contributed by atoms with Gasteiger partial charge >= 0.3 is 0 Å². The second-order valence-electron chi connectivity index (χ2n) is 4.99. The maximum absolute atomic E-state index is 12.2. The summed E-state index contributed by atoms with van der Waals surface area (Å²) >= 11 is 0. The first-order valence-corrected chi connectivity index (χ1v) is 6.46. The number of piperidine rings is 1. The zero-order chi connectivity index (χ0) is 12.4. The van der Waals surface area contributed by atoms with E-state index in [0.29, 0.717) is 13.0 Å². The lowest BCUT2D eigenvalue weighted by Gasteiger charge is -2.32. The van der Waals surface area contributed by atoms with E-state index in [2.05, 4.69) is 0 Å². The van der Waals surface area contributed by atoms with E-state index in [4.69, 9.17) is 5.73 Å². The molecule has 0 unspecified atom stereocenters. The van der Waals surface area contributed by atoms with Crippen molar-refractivity contribution in [2.75, 3.05) is 19.6 Å². The number of nitrogens with two attached hydrogens (primary N) is 1. The topological polar surface area (TPSA) is 66.6 Å². The molecule has 5 nitrogen and oxygen atoms in total. The lowest BCUT2D eigenvalue weighted by atomic mass is 10.1. The Morgan fingerprint density at radius 1 is 1.29 bits per heavy atom. The summed E-state index contributed by atoms with van der Waals surface area (Å²) < 4.78 is 0. The third-order valence-electron chi connectivity index (χ3n) is 3.77. The van der Waals surface area contributed by atoms with E-state index >= 15 is 0 Å².